The lowest BCUT2D eigenvalue weighted by Crippen LogP contribution is -2.34. The summed E-state index contributed by atoms with van der Waals surface area (Å²) in [6.45, 7) is 8.64. The number of hydrogen-bond donors (Lipinski definition) is 0. The second-order valence-corrected chi connectivity index (χ2v) is 7.81. The molecule has 1 aromatic rings. The van der Waals surface area contributed by atoms with Crippen LogP contribution in [0.15, 0.2) is 29.4 Å². The number of hydrogen-bond acceptors (Lipinski definition) is 5. The van der Waals surface area contributed by atoms with Crippen molar-refractivity contribution in [2.24, 2.45) is 5.16 Å². The van der Waals surface area contributed by atoms with E-state index >= 15 is 0 Å². The zero-order valence-corrected chi connectivity index (χ0v) is 17.0. The Hall–Kier alpha value is -1.59. The Morgan fingerprint density at radius 2 is 1.85 bits per heavy atom. The predicted molar refractivity (Wildman–Crippen MR) is 111 cm³/mol. The van der Waals surface area contributed by atoms with Crippen molar-refractivity contribution >= 4 is 5.71 Å². The second-order valence-electron chi connectivity index (χ2n) is 7.81. The molecule has 0 N–H and O–H groups in total. The van der Waals surface area contributed by atoms with E-state index in [0.717, 1.165) is 62.3 Å². The Morgan fingerprint density at radius 1 is 1.07 bits per heavy atom. The molecule has 0 unspecified atom stereocenters. The van der Waals surface area contributed by atoms with E-state index in [0.29, 0.717) is 0 Å². The molecule has 0 spiro atoms. The third kappa shape index (κ3) is 6.22. The highest BCUT2D eigenvalue weighted by atomic mass is 16.6. The minimum atomic E-state index is 0.739. The molecule has 5 nitrogen and oxygen atoms in total. The Bertz CT molecular complexity index is 582. The normalized spacial score (nSPS) is 22.1. The zero-order chi connectivity index (χ0) is 18.9. The lowest BCUT2D eigenvalue weighted by Gasteiger charge is -2.26. The van der Waals surface area contributed by atoms with Crippen LogP contribution in [-0.4, -0.2) is 68.0 Å². The van der Waals surface area contributed by atoms with E-state index in [1.807, 2.05) is 0 Å². The molecule has 150 valence electrons. The molecular formula is C22H35N3O2. The maximum atomic E-state index is 5.94. The fraction of sp³-hybridized carbons (Fsp3) is 0.682. The fourth-order valence-corrected chi connectivity index (χ4v) is 4.14. The molecule has 1 atom stereocenters. The first-order chi connectivity index (χ1) is 13.3. The van der Waals surface area contributed by atoms with Crippen molar-refractivity contribution in [2.75, 3.05) is 46.4 Å². The number of benzene rings is 1. The Morgan fingerprint density at radius 3 is 2.52 bits per heavy atom. The summed E-state index contributed by atoms with van der Waals surface area (Å²) in [7, 11) is 1.62. The van der Waals surface area contributed by atoms with Crippen molar-refractivity contribution in [1.29, 1.82) is 0 Å². The minimum Gasteiger partial charge on any atom is -0.494 e. The van der Waals surface area contributed by atoms with E-state index in [-0.39, 0.29) is 0 Å². The summed E-state index contributed by atoms with van der Waals surface area (Å²) in [5, 5.41) is 4.27. The first kappa shape index (κ1) is 20.2. The molecule has 0 amide bonds. The number of likely N-dealkylation sites (tertiary alicyclic amines) is 2. The van der Waals surface area contributed by atoms with Crippen LogP contribution in [0.4, 0.5) is 0 Å². The lowest BCUT2D eigenvalue weighted by molar-refractivity contribution is 0.207. The average molecular weight is 374 g/mol. The minimum absolute atomic E-state index is 0.739. The summed E-state index contributed by atoms with van der Waals surface area (Å²) >= 11 is 0. The highest BCUT2D eigenvalue weighted by molar-refractivity contribution is 6.01. The van der Waals surface area contributed by atoms with Crippen LogP contribution in [0, 0.1) is 0 Å². The van der Waals surface area contributed by atoms with Gasteiger partial charge in [-0.25, -0.2) is 0 Å². The summed E-state index contributed by atoms with van der Waals surface area (Å²) in [5.41, 5.74) is 2.11. The van der Waals surface area contributed by atoms with Crippen molar-refractivity contribution in [1.82, 2.24) is 9.80 Å². The van der Waals surface area contributed by atoms with Crippen molar-refractivity contribution in [3.8, 4) is 5.75 Å². The van der Waals surface area contributed by atoms with Crippen LogP contribution in [0.3, 0.4) is 0 Å². The van der Waals surface area contributed by atoms with Crippen LogP contribution >= 0.6 is 0 Å². The van der Waals surface area contributed by atoms with E-state index in [1.165, 1.54) is 38.6 Å². The Kier molecular flexibility index (Phi) is 7.96. The molecule has 3 rings (SSSR count). The third-order valence-electron chi connectivity index (χ3n) is 5.76. The molecule has 2 aliphatic rings. The van der Waals surface area contributed by atoms with Crippen LogP contribution in [0.1, 0.15) is 51.0 Å². The van der Waals surface area contributed by atoms with Gasteiger partial charge in [0.2, 0.25) is 0 Å². The molecule has 2 aliphatic heterocycles. The maximum Gasteiger partial charge on any atom is 0.119 e. The predicted octanol–water partition coefficient (Wildman–Crippen LogP) is 3.78. The van der Waals surface area contributed by atoms with Gasteiger partial charge >= 0.3 is 0 Å². The molecule has 0 aliphatic carbocycles. The van der Waals surface area contributed by atoms with Crippen molar-refractivity contribution < 1.29 is 9.57 Å². The maximum absolute atomic E-state index is 5.94. The lowest BCUT2D eigenvalue weighted by atomic mass is 10.1. The molecule has 2 fully saturated rings. The van der Waals surface area contributed by atoms with E-state index in [1.54, 1.807) is 7.11 Å². The molecular weight excluding hydrogens is 338 g/mol. The number of oxime groups is 1. The van der Waals surface area contributed by atoms with Crippen LogP contribution in [0.5, 0.6) is 5.75 Å². The fourth-order valence-electron chi connectivity index (χ4n) is 4.14. The van der Waals surface area contributed by atoms with E-state index in [4.69, 9.17) is 9.57 Å². The summed E-state index contributed by atoms with van der Waals surface area (Å²) in [5.74, 6) is 0.933. The third-order valence-corrected chi connectivity index (χ3v) is 5.76. The highest BCUT2D eigenvalue weighted by Gasteiger charge is 2.19. The summed E-state index contributed by atoms with van der Waals surface area (Å²) in [6.07, 6.45) is 7.66. The largest absolute Gasteiger partial charge is 0.494 e. The number of nitrogens with zero attached hydrogens (tertiary/aromatic N) is 3. The van der Waals surface area contributed by atoms with Gasteiger partial charge in [-0.05, 0) is 82.9 Å². The molecule has 2 saturated heterocycles. The molecule has 2 heterocycles. The molecule has 0 radical (unpaired) electrons. The standard InChI is InChI=1S/C22H35N3O2/c1-19-8-6-15-25(19)16-7-17-27-21-11-9-20(10-12-21)22(23-26-2)18-24-13-4-3-5-14-24/h9-12,19H,3-8,13-18H2,1-2H3/b23-22+/t19-/m1/s1. The van der Waals surface area contributed by atoms with Crippen molar-refractivity contribution in [3.63, 3.8) is 0 Å². The molecule has 0 aromatic heterocycles. The summed E-state index contributed by atoms with van der Waals surface area (Å²) in [4.78, 5) is 10.1. The second kappa shape index (κ2) is 10.7. The Balaban J connectivity index is 1.46. The van der Waals surface area contributed by atoms with Gasteiger partial charge in [-0.2, -0.15) is 0 Å². The van der Waals surface area contributed by atoms with Crippen LogP contribution < -0.4 is 4.74 Å². The quantitative estimate of drug-likeness (QED) is 0.375. The monoisotopic (exact) mass is 373 g/mol. The summed E-state index contributed by atoms with van der Waals surface area (Å²) < 4.78 is 5.94. The molecule has 27 heavy (non-hydrogen) atoms. The Labute approximate surface area is 164 Å². The van der Waals surface area contributed by atoms with Gasteiger partial charge in [-0.1, -0.05) is 11.6 Å². The van der Waals surface area contributed by atoms with Gasteiger partial charge in [0, 0.05) is 24.7 Å². The van der Waals surface area contributed by atoms with Crippen molar-refractivity contribution in [2.45, 2.75) is 51.5 Å². The van der Waals surface area contributed by atoms with E-state index < -0.39 is 0 Å². The molecule has 1 aromatic carbocycles. The molecule has 0 bridgehead atoms. The number of ether oxygens (including phenoxy) is 1. The van der Waals surface area contributed by atoms with Gasteiger partial charge in [-0.15, -0.1) is 0 Å². The molecule has 5 heteroatoms. The number of piperidine rings is 1. The van der Waals surface area contributed by atoms with Gasteiger partial charge in [0.15, 0.2) is 0 Å². The van der Waals surface area contributed by atoms with Crippen molar-refractivity contribution in [3.05, 3.63) is 29.8 Å². The van der Waals surface area contributed by atoms with Gasteiger partial charge in [0.1, 0.15) is 18.6 Å². The number of rotatable bonds is 9. The SMILES string of the molecule is CO/N=C(\CN1CCCCC1)c1ccc(OCCCN2CCC[C@H]2C)cc1. The van der Waals surface area contributed by atoms with E-state index in [9.17, 15) is 0 Å². The van der Waals surface area contributed by atoms with Gasteiger partial charge in [-0.3, -0.25) is 4.90 Å². The van der Waals surface area contributed by atoms with Gasteiger partial charge < -0.3 is 14.5 Å². The first-order valence-electron chi connectivity index (χ1n) is 10.6. The highest BCUT2D eigenvalue weighted by Crippen LogP contribution is 2.18. The topological polar surface area (TPSA) is 37.3 Å². The van der Waals surface area contributed by atoms with E-state index in [2.05, 4.69) is 46.1 Å². The average Bonchev–Trinajstić information content (AvgIpc) is 3.11. The van der Waals surface area contributed by atoms with Crippen LogP contribution in [-0.2, 0) is 4.84 Å². The van der Waals surface area contributed by atoms with Crippen LogP contribution in [0.2, 0.25) is 0 Å². The first-order valence-corrected chi connectivity index (χ1v) is 10.6. The summed E-state index contributed by atoms with van der Waals surface area (Å²) in [6, 6.07) is 9.03. The zero-order valence-electron chi connectivity index (χ0n) is 17.0. The molecule has 0 saturated carbocycles. The smallest absolute Gasteiger partial charge is 0.119 e. The van der Waals surface area contributed by atoms with Gasteiger partial charge in [0.05, 0.1) is 6.61 Å². The van der Waals surface area contributed by atoms with Gasteiger partial charge in [0.25, 0.3) is 0 Å². The van der Waals surface area contributed by atoms with Crippen LogP contribution in [0.25, 0.3) is 0 Å².